The van der Waals surface area contributed by atoms with Crippen LogP contribution in [0, 0.1) is 0 Å². The van der Waals surface area contributed by atoms with Gasteiger partial charge >= 0.3 is 5.97 Å². The van der Waals surface area contributed by atoms with Crippen LogP contribution in [0.1, 0.15) is 17.5 Å². The molecule has 4 heteroatoms. The van der Waals surface area contributed by atoms with Crippen LogP contribution in [-0.4, -0.2) is 22.5 Å². The minimum atomic E-state index is -0.721. The number of hydrogen-bond donors (Lipinski definition) is 1. The topological polar surface area (TPSA) is 40.5 Å². The van der Waals surface area contributed by atoms with E-state index in [1.165, 1.54) is 11.1 Å². The largest absolute Gasteiger partial charge is 0.481 e. The molecule has 0 unspecified atom stereocenters. The summed E-state index contributed by atoms with van der Waals surface area (Å²) in [5.74, 6) is -0.721. The van der Waals surface area contributed by atoms with E-state index < -0.39 is 5.97 Å². The average molecular weight is 228 g/mol. The van der Waals surface area contributed by atoms with Gasteiger partial charge in [0.1, 0.15) is 0 Å². The van der Waals surface area contributed by atoms with Gasteiger partial charge in [-0.2, -0.15) is 0 Å². The zero-order valence-corrected chi connectivity index (χ0v) is 9.17. The van der Waals surface area contributed by atoms with Crippen LogP contribution in [-0.2, 0) is 17.9 Å². The van der Waals surface area contributed by atoms with Crippen molar-refractivity contribution >= 4 is 18.4 Å². The molecule has 1 N–H and O–H groups in total. The van der Waals surface area contributed by atoms with Gasteiger partial charge in [-0.1, -0.05) is 24.3 Å². The fraction of sp³-hybridized carbons (Fsp3) is 0.364. The van der Waals surface area contributed by atoms with Gasteiger partial charge in [-0.05, 0) is 11.1 Å². The van der Waals surface area contributed by atoms with E-state index in [1.807, 2.05) is 12.1 Å². The highest BCUT2D eigenvalue weighted by Gasteiger charge is 2.17. The van der Waals surface area contributed by atoms with E-state index in [4.69, 9.17) is 5.11 Å². The van der Waals surface area contributed by atoms with Gasteiger partial charge in [0, 0.05) is 19.6 Å². The molecule has 0 atom stereocenters. The number of carbonyl (C=O) groups is 1. The molecule has 1 aromatic rings. The number of fused-ring (bicyclic) bond motifs is 1. The number of hydrogen-bond acceptors (Lipinski definition) is 2. The predicted octanol–water partition coefficient (Wildman–Crippen LogP) is 1.90. The highest BCUT2D eigenvalue weighted by atomic mass is 35.5. The SMILES string of the molecule is Cl.O=C(O)CCN1Cc2ccccc2C1. The van der Waals surface area contributed by atoms with Crippen molar-refractivity contribution in [3.05, 3.63) is 35.4 Å². The lowest BCUT2D eigenvalue weighted by Gasteiger charge is -2.12. The Bertz CT molecular complexity index is 329. The summed E-state index contributed by atoms with van der Waals surface area (Å²) in [7, 11) is 0. The molecule has 3 nitrogen and oxygen atoms in total. The minimum Gasteiger partial charge on any atom is -0.481 e. The van der Waals surface area contributed by atoms with Crippen LogP contribution in [0.3, 0.4) is 0 Å². The minimum absolute atomic E-state index is 0. The summed E-state index contributed by atoms with van der Waals surface area (Å²) in [6.45, 7) is 2.43. The molecule has 0 bridgehead atoms. The summed E-state index contributed by atoms with van der Waals surface area (Å²) in [6.07, 6.45) is 0.230. The molecule has 0 radical (unpaired) electrons. The third-order valence-electron chi connectivity index (χ3n) is 2.55. The van der Waals surface area contributed by atoms with Crippen LogP contribution in [0.5, 0.6) is 0 Å². The zero-order chi connectivity index (χ0) is 9.97. The molecular formula is C11H14ClNO2. The number of nitrogens with zero attached hydrogens (tertiary/aromatic N) is 1. The van der Waals surface area contributed by atoms with Gasteiger partial charge in [-0.25, -0.2) is 0 Å². The lowest BCUT2D eigenvalue weighted by molar-refractivity contribution is -0.137. The lowest BCUT2D eigenvalue weighted by Crippen LogP contribution is -2.20. The van der Waals surface area contributed by atoms with E-state index >= 15 is 0 Å². The third-order valence-corrected chi connectivity index (χ3v) is 2.55. The molecule has 0 amide bonds. The Morgan fingerprint density at radius 1 is 1.27 bits per heavy atom. The maximum Gasteiger partial charge on any atom is 0.304 e. The van der Waals surface area contributed by atoms with Gasteiger partial charge in [0.2, 0.25) is 0 Å². The second-order valence-corrected chi connectivity index (χ2v) is 3.62. The first kappa shape index (κ1) is 12.0. The Kier molecular flexibility index (Phi) is 4.12. The Balaban J connectivity index is 0.00000112. The second-order valence-electron chi connectivity index (χ2n) is 3.62. The van der Waals surface area contributed by atoms with E-state index in [0.29, 0.717) is 6.54 Å². The highest BCUT2D eigenvalue weighted by molar-refractivity contribution is 5.85. The van der Waals surface area contributed by atoms with Crippen LogP contribution < -0.4 is 0 Å². The Morgan fingerprint density at radius 3 is 2.27 bits per heavy atom. The van der Waals surface area contributed by atoms with Crippen molar-refractivity contribution in [2.75, 3.05) is 6.54 Å². The maximum absolute atomic E-state index is 10.4. The molecule has 0 aliphatic carbocycles. The van der Waals surface area contributed by atoms with Crippen LogP contribution in [0.4, 0.5) is 0 Å². The number of carboxylic acids is 1. The highest BCUT2D eigenvalue weighted by Crippen LogP contribution is 2.21. The molecule has 1 aromatic carbocycles. The smallest absolute Gasteiger partial charge is 0.304 e. The van der Waals surface area contributed by atoms with E-state index in [-0.39, 0.29) is 18.8 Å². The van der Waals surface area contributed by atoms with E-state index in [2.05, 4.69) is 17.0 Å². The molecule has 15 heavy (non-hydrogen) atoms. The number of halogens is 1. The van der Waals surface area contributed by atoms with E-state index in [1.54, 1.807) is 0 Å². The number of rotatable bonds is 3. The molecule has 0 saturated carbocycles. The quantitative estimate of drug-likeness (QED) is 0.858. The molecular weight excluding hydrogens is 214 g/mol. The maximum atomic E-state index is 10.4. The van der Waals surface area contributed by atoms with Gasteiger partial charge in [-0.3, -0.25) is 9.69 Å². The first-order valence-electron chi connectivity index (χ1n) is 4.76. The summed E-state index contributed by atoms with van der Waals surface area (Å²) >= 11 is 0. The fourth-order valence-electron chi connectivity index (χ4n) is 1.82. The third kappa shape index (κ3) is 2.94. The Labute approximate surface area is 95.1 Å². The van der Waals surface area contributed by atoms with Crippen LogP contribution >= 0.6 is 12.4 Å². The standard InChI is InChI=1S/C11H13NO2.ClH/c13-11(14)5-6-12-7-9-3-1-2-4-10(9)8-12;/h1-4H,5-8H2,(H,13,14);1H. The van der Waals surface area contributed by atoms with Crippen LogP contribution in [0.25, 0.3) is 0 Å². The van der Waals surface area contributed by atoms with Crippen LogP contribution in [0.15, 0.2) is 24.3 Å². The first-order valence-corrected chi connectivity index (χ1v) is 4.76. The summed E-state index contributed by atoms with van der Waals surface area (Å²) in [4.78, 5) is 12.6. The fourth-order valence-corrected chi connectivity index (χ4v) is 1.82. The summed E-state index contributed by atoms with van der Waals surface area (Å²) in [5, 5.41) is 8.56. The Morgan fingerprint density at radius 2 is 1.80 bits per heavy atom. The van der Waals surface area contributed by atoms with Crippen molar-refractivity contribution in [1.29, 1.82) is 0 Å². The predicted molar refractivity (Wildman–Crippen MR) is 60.1 cm³/mol. The lowest BCUT2D eigenvalue weighted by atomic mass is 10.1. The molecule has 0 fully saturated rings. The molecule has 1 aliphatic heterocycles. The first-order chi connectivity index (χ1) is 6.75. The van der Waals surface area contributed by atoms with Crippen molar-refractivity contribution < 1.29 is 9.90 Å². The molecule has 82 valence electrons. The van der Waals surface area contributed by atoms with E-state index in [9.17, 15) is 4.79 Å². The molecule has 0 spiro atoms. The van der Waals surface area contributed by atoms with Crippen molar-refractivity contribution in [2.24, 2.45) is 0 Å². The van der Waals surface area contributed by atoms with Gasteiger partial charge < -0.3 is 5.11 Å². The summed E-state index contributed by atoms with van der Waals surface area (Å²) < 4.78 is 0. The van der Waals surface area contributed by atoms with Crippen molar-refractivity contribution in [1.82, 2.24) is 4.90 Å². The normalized spacial score (nSPS) is 14.4. The molecule has 1 aliphatic rings. The number of carboxylic acid groups (broad SMARTS) is 1. The second kappa shape index (κ2) is 5.14. The summed E-state index contributed by atoms with van der Waals surface area (Å²) in [6, 6.07) is 8.27. The van der Waals surface area contributed by atoms with Crippen molar-refractivity contribution in [2.45, 2.75) is 19.5 Å². The molecule has 0 aromatic heterocycles. The van der Waals surface area contributed by atoms with Gasteiger partial charge in [0.25, 0.3) is 0 Å². The van der Waals surface area contributed by atoms with Crippen molar-refractivity contribution in [3.8, 4) is 0 Å². The molecule has 2 rings (SSSR count). The Hall–Kier alpha value is -1.06. The molecule has 0 saturated heterocycles. The van der Waals surface area contributed by atoms with E-state index in [0.717, 1.165) is 13.1 Å². The van der Waals surface area contributed by atoms with Crippen molar-refractivity contribution in [3.63, 3.8) is 0 Å². The summed E-state index contributed by atoms with van der Waals surface area (Å²) in [5.41, 5.74) is 2.66. The van der Waals surface area contributed by atoms with Gasteiger partial charge in [-0.15, -0.1) is 12.4 Å². The van der Waals surface area contributed by atoms with Gasteiger partial charge in [0.05, 0.1) is 6.42 Å². The van der Waals surface area contributed by atoms with Gasteiger partial charge in [0.15, 0.2) is 0 Å². The number of benzene rings is 1. The molecule has 1 heterocycles. The zero-order valence-electron chi connectivity index (χ0n) is 8.35. The van der Waals surface area contributed by atoms with Crippen LogP contribution in [0.2, 0.25) is 0 Å². The monoisotopic (exact) mass is 227 g/mol. The number of aliphatic carboxylic acids is 1. The average Bonchev–Trinajstić information content (AvgIpc) is 2.57.